The van der Waals surface area contributed by atoms with Gasteiger partial charge in [0.2, 0.25) is 0 Å². The lowest BCUT2D eigenvalue weighted by Gasteiger charge is -2.01. The molecule has 1 rings (SSSR count). The van der Waals surface area contributed by atoms with Gasteiger partial charge in [-0.25, -0.2) is 0 Å². The molecule has 0 unspecified atom stereocenters. The monoisotopic (exact) mass is 377 g/mol. The second kappa shape index (κ2) is 4.11. The van der Waals surface area contributed by atoms with E-state index in [1.165, 1.54) is 1.93 Å². The summed E-state index contributed by atoms with van der Waals surface area (Å²) in [6.07, 6.45) is 0. The largest absolute Gasteiger partial charge is 0.127 e. The SMILES string of the molecule is Clc1ccccc1[C](I)I. The Morgan fingerprint density at radius 1 is 1.20 bits per heavy atom. The molecule has 1 aromatic rings. The van der Waals surface area contributed by atoms with Gasteiger partial charge in [0.15, 0.2) is 0 Å². The van der Waals surface area contributed by atoms with Gasteiger partial charge in [0.1, 0.15) is 1.93 Å². The summed E-state index contributed by atoms with van der Waals surface area (Å²) < 4.78 is 1.20. The third-order valence-corrected chi connectivity index (χ3v) is 2.57. The summed E-state index contributed by atoms with van der Waals surface area (Å²) in [4.78, 5) is 0. The van der Waals surface area contributed by atoms with Crippen molar-refractivity contribution in [1.29, 1.82) is 0 Å². The van der Waals surface area contributed by atoms with E-state index < -0.39 is 0 Å². The van der Waals surface area contributed by atoms with Crippen LogP contribution in [-0.2, 0) is 0 Å². The van der Waals surface area contributed by atoms with Crippen molar-refractivity contribution in [3.63, 3.8) is 0 Å². The van der Waals surface area contributed by atoms with Crippen molar-refractivity contribution in [3.05, 3.63) is 36.8 Å². The van der Waals surface area contributed by atoms with Gasteiger partial charge in [-0.15, -0.1) is 0 Å². The fourth-order valence-electron chi connectivity index (χ4n) is 0.614. The molecule has 0 bridgehead atoms. The summed E-state index contributed by atoms with van der Waals surface area (Å²) >= 11 is 10.4. The van der Waals surface area contributed by atoms with Gasteiger partial charge in [-0.2, -0.15) is 0 Å². The number of hydrogen-bond acceptors (Lipinski definition) is 0. The van der Waals surface area contributed by atoms with Gasteiger partial charge in [0, 0.05) is 5.02 Å². The minimum Gasteiger partial charge on any atom is -0.0840 e. The predicted molar refractivity (Wildman–Crippen MR) is 61.8 cm³/mol. The summed E-state index contributed by atoms with van der Waals surface area (Å²) in [7, 11) is 0. The fraction of sp³-hybridized carbons (Fsp3) is 0. The van der Waals surface area contributed by atoms with Crippen molar-refractivity contribution in [1.82, 2.24) is 0 Å². The Kier molecular flexibility index (Phi) is 3.72. The van der Waals surface area contributed by atoms with Crippen LogP contribution in [0, 0.1) is 1.93 Å². The second-order valence-electron chi connectivity index (χ2n) is 1.74. The lowest BCUT2D eigenvalue weighted by molar-refractivity contribution is 1.60. The first-order chi connectivity index (χ1) is 4.72. The van der Waals surface area contributed by atoms with Crippen molar-refractivity contribution >= 4 is 56.8 Å². The molecule has 1 radical (unpaired) electrons. The first kappa shape index (κ1) is 9.06. The fourth-order valence-corrected chi connectivity index (χ4v) is 2.10. The zero-order valence-corrected chi connectivity index (χ0v) is 10.0. The van der Waals surface area contributed by atoms with Gasteiger partial charge >= 0.3 is 0 Å². The van der Waals surface area contributed by atoms with E-state index in [4.69, 9.17) is 11.6 Å². The van der Waals surface area contributed by atoms with Crippen molar-refractivity contribution in [3.8, 4) is 0 Å². The molecular weight excluding hydrogens is 373 g/mol. The molecule has 0 fully saturated rings. The Morgan fingerprint density at radius 2 is 1.80 bits per heavy atom. The van der Waals surface area contributed by atoms with Crippen LogP contribution in [0.5, 0.6) is 0 Å². The maximum absolute atomic E-state index is 5.89. The Bertz CT molecular complexity index is 223. The van der Waals surface area contributed by atoms with Crippen LogP contribution >= 0.6 is 56.8 Å². The first-order valence-corrected chi connectivity index (χ1v) is 5.18. The number of rotatable bonds is 1. The van der Waals surface area contributed by atoms with Crippen LogP contribution in [-0.4, -0.2) is 0 Å². The Balaban J connectivity index is 3.03. The molecule has 0 saturated carbocycles. The molecule has 0 spiro atoms. The Labute approximate surface area is 92.6 Å². The lowest BCUT2D eigenvalue weighted by atomic mass is 10.2. The maximum atomic E-state index is 5.89. The lowest BCUT2D eigenvalue weighted by Crippen LogP contribution is -1.80. The molecule has 0 aliphatic heterocycles. The van der Waals surface area contributed by atoms with Crippen LogP contribution in [0.15, 0.2) is 24.3 Å². The number of hydrogen-bond donors (Lipinski definition) is 0. The average molecular weight is 377 g/mol. The molecule has 0 nitrogen and oxygen atoms in total. The molecular formula is C7H4ClI2. The van der Waals surface area contributed by atoms with Gasteiger partial charge < -0.3 is 0 Å². The third kappa shape index (κ3) is 2.23. The zero-order valence-electron chi connectivity index (χ0n) is 4.94. The molecule has 0 aromatic heterocycles. The third-order valence-electron chi connectivity index (χ3n) is 1.08. The highest BCUT2D eigenvalue weighted by atomic mass is 127. The average Bonchev–Trinajstić information content (AvgIpc) is 1.88. The molecule has 53 valence electrons. The van der Waals surface area contributed by atoms with Crippen molar-refractivity contribution in [2.24, 2.45) is 0 Å². The van der Waals surface area contributed by atoms with Gasteiger partial charge in [0.25, 0.3) is 0 Å². The highest BCUT2D eigenvalue weighted by Crippen LogP contribution is 2.33. The van der Waals surface area contributed by atoms with Crippen LogP contribution in [0.2, 0.25) is 5.02 Å². The van der Waals surface area contributed by atoms with E-state index >= 15 is 0 Å². The van der Waals surface area contributed by atoms with Crippen LogP contribution in [0.4, 0.5) is 0 Å². The maximum Gasteiger partial charge on any atom is 0.127 e. The Hall–Kier alpha value is 0.970. The van der Waals surface area contributed by atoms with E-state index in [2.05, 4.69) is 45.2 Å². The highest BCUT2D eigenvalue weighted by molar-refractivity contribution is 14.2. The summed E-state index contributed by atoms with van der Waals surface area (Å²) in [6, 6.07) is 7.82. The van der Waals surface area contributed by atoms with Crippen molar-refractivity contribution < 1.29 is 0 Å². The molecule has 0 heterocycles. The van der Waals surface area contributed by atoms with Gasteiger partial charge in [-0.3, -0.25) is 0 Å². The predicted octanol–water partition coefficient (Wildman–Crippen LogP) is 4.05. The van der Waals surface area contributed by atoms with Crippen molar-refractivity contribution in [2.75, 3.05) is 0 Å². The molecule has 0 aliphatic rings. The van der Waals surface area contributed by atoms with E-state index in [9.17, 15) is 0 Å². The van der Waals surface area contributed by atoms with Crippen LogP contribution < -0.4 is 0 Å². The molecule has 0 aliphatic carbocycles. The highest BCUT2D eigenvalue weighted by Gasteiger charge is 2.05. The van der Waals surface area contributed by atoms with Crippen molar-refractivity contribution in [2.45, 2.75) is 0 Å². The summed E-state index contributed by atoms with van der Waals surface area (Å²) in [6.45, 7) is 0. The van der Waals surface area contributed by atoms with E-state index in [0.29, 0.717) is 0 Å². The van der Waals surface area contributed by atoms with Gasteiger partial charge in [0.05, 0.1) is 0 Å². The standard InChI is InChI=1S/C7H4ClI2/c8-6-4-2-1-3-5(6)7(9)10/h1-4H. The summed E-state index contributed by atoms with van der Waals surface area (Å²) in [5, 5.41) is 0.821. The topological polar surface area (TPSA) is 0 Å². The number of benzene rings is 1. The van der Waals surface area contributed by atoms with Crippen LogP contribution in [0.25, 0.3) is 0 Å². The van der Waals surface area contributed by atoms with Crippen LogP contribution in [0.3, 0.4) is 0 Å². The quantitative estimate of drug-likeness (QED) is 0.648. The molecule has 0 saturated heterocycles. The minimum absolute atomic E-state index is 0.821. The summed E-state index contributed by atoms with van der Waals surface area (Å²) in [5.74, 6) is 0. The van der Waals surface area contributed by atoms with E-state index in [1.807, 2.05) is 24.3 Å². The smallest absolute Gasteiger partial charge is 0.0840 e. The summed E-state index contributed by atoms with van der Waals surface area (Å²) in [5.41, 5.74) is 1.12. The van der Waals surface area contributed by atoms with E-state index in [0.717, 1.165) is 10.6 Å². The normalized spacial score (nSPS) is 10.4. The Morgan fingerprint density at radius 3 is 2.20 bits per heavy atom. The van der Waals surface area contributed by atoms with E-state index in [-0.39, 0.29) is 0 Å². The molecule has 10 heavy (non-hydrogen) atoms. The van der Waals surface area contributed by atoms with Gasteiger partial charge in [-0.05, 0) is 11.6 Å². The molecule has 0 N–H and O–H groups in total. The van der Waals surface area contributed by atoms with Gasteiger partial charge in [-0.1, -0.05) is 75.0 Å². The minimum atomic E-state index is 0.821. The molecule has 3 heteroatoms. The second-order valence-corrected chi connectivity index (χ2v) is 6.37. The molecule has 0 atom stereocenters. The number of halogens is 3. The molecule has 1 aromatic carbocycles. The first-order valence-electron chi connectivity index (χ1n) is 2.64. The zero-order chi connectivity index (χ0) is 7.56. The van der Waals surface area contributed by atoms with Crippen LogP contribution in [0.1, 0.15) is 5.56 Å². The molecule has 0 amide bonds. The van der Waals surface area contributed by atoms with E-state index in [1.54, 1.807) is 0 Å².